The van der Waals surface area contributed by atoms with Crippen LogP contribution in [0.1, 0.15) is 40.5 Å². The molecule has 0 bridgehead atoms. The third-order valence-corrected chi connectivity index (χ3v) is 3.04. The van der Waals surface area contributed by atoms with Crippen molar-refractivity contribution in [3.05, 3.63) is 0 Å². The Balaban J connectivity index is 2.70. The lowest BCUT2D eigenvalue weighted by Crippen LogP contribution is -2.45. The normalized spacial score (nSPS) is 30.0. The van der Waals surface area contributed by atoms with Crippen molar-refractivity contribution in [3.63, 3.8) is 0 Å². The van der Waals surface area contributed by atoms with Crippen LogP contribution in [-0.4, -0.2) is 12.2 Å². The summed E-state index contributed by atoms with van der Waals surface area (Å²) in [5.41, 5.74) is 0.427. The summed E-state index contributed by atoms with van der Waals surface area (Å²) in [6, 6.07) is 0. The van der Waals surface area contributed by atoms with Crippen LogP contribution in [0.25, 0.3) is 0 Å². The molecule has 0 aromatic heterocycles. The Kier molecular flexibility index (Phi) is 1.80. The van der Waals surface area contributed by atoms with Crippen LogP contribution < -0.4 is 0 Å². The van der Waals surface area contributed by atoms with Gasteiger partial charge in [0, 0.05) is 6.61 Å². The Bertz CT molecular complexity index is 109. The molecular formula is C9H18O. The number of hydrogen-bond acceptors (Lipinski definition) is 1. The Morgan fingerprint density at radius 1 is 1.10 bits per heavy atom. The SMILES string of the molecule is CC1(C)CCCOC1(C)C. The van der Waals surface area contributed by atoms with E-state index in [4.69, 9.17) is 4.74 Å². The van der Waals surface area contributed by atoms with Gasteiger partial charge in [-0.05, 0) is 32.1 Å². The summed E-state index contributed by atoms with van der Waals surface area (Å²) in [7, 11) is 0. The highest BCUT2D eigenvalue weighted by Crippen LogP contribution is 2.41. The summed E-state index contributed by atoms with van der Waals surface area (Å²) < 4.78 is 5.68. The van der Waals surface area contributed by atoms with E-state index >= 15 is 0 Å². The molecule has 1 rings (SSSR count). The van der Waals surface area contributed by atoms with Crippen LogP contribution in [0.15, 0.2) is 0 Å². The molecule has 0 spiro atoms. The topological polar surface area (TPSA) is 9.23 Å². The van der Waals surface area contributed by atoms with E-state index in [1.165, 1.54) is 12.8 Å². The minimum absolute atomic E-state index is 0.0747. The third kappa shape index (κ3) is 1.20. The van der Waals surface area contributed by atoms with E-state index in [-0.39, 0.29) is 5.60 Å². The number of rotatable bonds is 0. The van der Waals surface area contributed by atoms with Crippen molar-refractivity contribution in [2.45, 2.75) is 46.1 Å². The van der Waals surface area contributed by atoms with Gasteiger partial charge >= 0.3 is 0 Å². The van der Waals surface area contributed by atoms with Crippen LogP contribution in [0.5, 0.6) is 0 Å². The zero-order valence-electron chi connectivity index (χ0n) is 7.53. The summed E-state index contributed by atoms with van der Waals surface area (Å²) in [5, 5.41) is 0. The number of hydrogen-bond donors (Lipinski definition) is 0. The molecule has 1 heterocycles. The van der Waals surface area contributed by atoms with E-state index in [0.29, 0.717) is 5.41 Å². The highest BCUT2D eigenvalue weighted by Gasteiger charge is 2.39. The monoisotopic (exact) mass is 142 g/mol. The number of ether oxygens (including phenoxy) is 1. The van der Waals surface area contributed by atoms with Crippen LogP contribution >= 0.6 is 0 Å². The summed E-state index contributed by atoms with van der Waals surface area (Å²) in [4.78, 5) is 0. The molecule has 0 atom stereocenters. The first-order valence-electron chi connectivity index (χ1n) is 4.10. The molecule has 60 valence electrons. The van der Waals surface area contributed by atoms with Crippen molar-refractivity contribution >= 4 is 0 Å². The van der Waals surface area contributed by atoms with Gasteiger partial charge in [-0.15, -0.1) is 0 Å². The molecule has 0 radical (unpaired) electrons. The molecule has 1 aliphatic rings. The van der Waals surface area contributed by atoms with Gasteiger partial charge in [-0.25, -0.2) is 0 Å². The van der Waals surface area contributed by atoms with Crippen molar-refractivity contribution in [1.82, 2.24) is 0 Å². The van der Waals surface area contributed by atoms with E-state index < -0.39 is 0 Å². The molecule has 1 heteroatoms. The molecule has 0 amide bonds. The fourth-order valence-corrected chi connectivity index (χ4v) is 1.34. The Morgan fingerprint density at radius 2 is 1.70 bits per heavy atom. The molecule has 1 saturated heterocycles. The fraction of sp³-hybridized carbons (Fsp3) is 1.00. The Labute approximate surface area is 63.8 Å². The summed E-state index contributed by atoms with van der Waals surface area (Å²) in [6.45, 7) is 9.88. The van der Waals surface area contributed by atoms with Crippen molar-refractivity contribution < 1.29 is 4.74 Å². The maximum Gasteiger partial charge on any atom is 0.0677 e. The molecule has 0 aromatic rings. The van der Waals surface area contributed by atoms with E-state index in [2.05, 4.69) is 27.7 Å². The smallest absolute Gasteiger partial charge is 0.0677 e. The second-order valence-corrected chi connectivity index (χ2v) is 4.35. The van der Waals surface area contributed by atoms with Crippen LogP contribution in [0.3, 0.4) is 0 Å². The standard InChI is InChI=1S/C9H18O/c1-8(2)6-5-7-10-9(8,3)4/h5-7H2,1-4H3. The first kappa shape index (κ1) is 8.06. The molecule has 0 saturated carbocycles. The zero-order valence-corrected chi connectivity index (χ0v) is 7.53. The predicted molar refractivity (Wildman–Crippen MR) is 43.0 cm³/mol. The molecule has 1 fully saturated rings. The highest BCUT2D eigenvalue weighted by atomic mass is 16.5. The maximum absolute atomic E-state index is 5.68. The average molecular weight is 142 g/mol. The first-order valence-corrected chi connectivity index (χ1v) is 4.10. The summed E-state index contributed by atoms with van der Waals surface area (Å²) in [5.74, 6) is 0. The van der Waals surface area contributed by atoms with Crippen molar-refractivity contribution in [2.75, 3.05) is 6.61 Å². The predicted octanol–water partition coefficient (Wildman–Crippen LogP) is 2.60. The van der Waals surface area contributed by atoms with Gasteiger partial charge in [0.15, 0.2) is 0 Å². The van der Waals surface area contributed by atoms with E-state index in [1.54, 1.807) is 0 Å². The zero-order chi connectivity index (χ0) is 7.83. The second kappa shape index (κ2) is 2.23. The van der Waals surface area contributed by atoms with E-state index in [0.717, 1.165) is 6.61 Å². The quantitative estimate of drug-likeness (QED) is 0.505. The van der Waals surface area contributed by atoms with E-state index in [1.807, 2.05) is 0 Å². The highest BCUT2D eigenvalue weighted by molar-refractivity contribution is 4.89. The third-order valence-electron chi connectivity index (χ3n) is 3.04. The van der Waals surface area contributed by atoms with Crippen molar-refractivity contribution in [1.29, 1.82) is 0 Å². The fourth-order valence-electron chi connectivity index (χ4n) is 1.34. The van der Waals surface area contributed by atoms with Crippen LogP contribution in [0.4, 0.5) is 0 Å². The van der Waals surface area contributed by atoms with Gasteiger partial charge in [0.25, 0.3) is 0 Å². The minimum Gasteiger partial charge on any atom is -0.375 e. The molecule has 1 aliphatic heterocycles. The average Bonchev–Trinajstić information content (AvgIpc) is 1.77. The molecule has 0 aliphatic carbocycles. The molecule has 10 heavy (non-hydrogen) atoms. The Hall–Kier alpha value is -0.0400. The molecule has 0 aromatic carbocycles. The van der Waals surface area contributed by atoms with Gasteiger partial charge in [-0.1, -0.05) is 13.8 Å². The lowest BCUT2D eigenvalue weighted by molar-refractivity contribution is -0.133. The van der Waals surface area contributed by atoms with Gasteiger partial charge in [-0.2, -0.15) is 0 Å². The molecule has 0 N–H and O–H groups in total. The largest absolute Gasteiger partial charge is 0.375 e. The van der Waals surface area contributed by atoms with Crippen molar-refractivity contribution in [2.24, 2.45) is 5.41 Å². The van der Waals surface area contributed by atoms with Gasteiger partial charge in [0.1, 0.15) is 0 Å². The van der Waals surface area contributed by atoms with Gasteiger partial charge in [0.05, 0.1) is 5.60 Å². The van der Waals surface area contributed by atoms with Crippen molar-refractivity contribution in [3.8, 4) is 0 Å². The first-order chi connectivity index (χ1) is 4.46. The maximum atomic E-state index is 5.68. The van der Waals surface area contributed by atoms with Gasteiger partial charge in [0.2, 0.25) is 0 Å². The van der Waals surface area contributed by atoms with Gasteiger partial charge in [-0.3, -0.25) is 0 Å². The molecular weight excluding hydrogens is 124 g/mol. The molecule has 0 unspecified atom stereocenters. The summed E-state index contributed by atoms with van der Waals surface area (Å²) >= 11 is 0. The van der Waals surface area contributed by atoms with Crippen LogP contribution in [-0.2, 0) is 4.74 Å². The lowest BCUT2D eigenvalue weighted by Gasteiger charge is -2.45. The Morgan fingerprint density at radius 3 is 2.00 bits per heavy atom. The molecule has 1 nitrogen and oxygen atoms in total. The summed E-state index contributed by atoms with van der Waals surface area (Å²) in [6.07, 6.45) is 2.51. The second-order valence-electron chi connectivity index (χ2n) is 4.35. The minimum atomic E-state index is 0.0747. The van der Waals surface area contributed by atoms with Gasteiger partial charge < -0.3 is 4.74 Å². The lowest BCUT2D eigenvalue weighted by atomic mass is 9.72. The van der Waals surface area contributed by atoms with Crippen LogP contribution in [0.2, 0.25) is 0 Å². The van der Waals surface area contributed by atoms with E-state index in [9.17, 15) is 0 Å². The van der Waals surface area contributed by atoms with Crippen LogP contribution in [0, 0.1) is 5.41 Å².